The van der Waals surface area contributed by atoms with Gasteiger partial charge in [0.2, 0.25) is 0 Å². The molecule has 1 aromatic rings. The van der Waals surface area contributed by atoms with E-state index in [1.165, 1.54) is 17.5 Å². The first kappa shape index (κ1) is 14.8. The molecule has 21 heavy (non-hydrogen) atoms. The molecule has 2 rings (SSSR count). The van der Waals surface area contributed by atoms with Gasteiger partial charge in [0.15, 0.2) is 5.78 Å². The molecule has 2 heterocycles. The minimum Gasteiger partial charge on any atom is -0.464 e. The number of carbonyl (C=O) groups excluding carboxylic acids is 2. The van der Waals surface area contributed by atoms with E-state index >= 15 is 0 Å². The summed E-state index contributed by atoms with van der Waals surface area (Å²) in [7, 11) is 0. The number of hydrogen-bond donors (Lipinski definition) is 3. The van der Waals surface area contributed by atoms with Crippen molar-refractivity contribution in [2.45, 2.75) is 6.42 Å². The van der Waals surface area contributed by atoms with Gasteiger partial charge in [-0.3, -0.25) is 15.0 Å². The predicted molar refractivity (Wildman–Crippen MR) is 76.5 cm³/mol. The summed E-state index contributed by atoms with van der Waals surface area (Å²) in [5.41, 5.74) is 4.21. The van der Waals surface area contributed by atoms with Crippen molar-refractivity contribution in [1.29, 1.82) is 0 Å². The van der Waals surface area contributed by atoms with Crippen molar-refractivity contribution in [2.75, 3.05) is 6.54 Å². The van der Waals surface area contributed by atoms with E-state index in [-0.39, 0.29) is 12.3 Å². The van der Waals surface area contributed by atoms with E-state index < -0.39 is 12.0 Å². The molecule has 0 saturated heterocycles. The summed E-state index contributed by atoms with van der Waals surface area (Å²) in [5, 5.41) is 10.2. The third kappa shape index (κ3) is 4.18. The minimum atomic E-state index is -1.35. The number of carboxylic acid groups (broad SMARTS) is 1. The van der Waals surface area contributed by atoms with Gasteiger partial charge in [0.1, 0.15) is 0 Å². The van der Waals surface area contributed by atoms with E-state index in [4.69, 9.17) is 5.11 Å². The summed E-state index contributed by atoms with van der Waals surface area (Å²) in [6.07, 6.45) is 4.01. The van der Waals surface area contributed by atoms with Gasteiger partial charge >= 0.3 is 6.09 Å². The van der Waals surface area contributed by atoms with Crippen LogP contribution in [0.15, 0.2) is 41.6 Å². The van der Waals surface area contributed by atoms with Crippen LogP contribution in [-0.2, 0) is 4.79 Å². The van der Waals surface area contributed by atoms with Crippen LogP contribution in [0.2, 0.25) is 0 Å². The second kappa shape index (κ2) is 6.71. The molecule has 0 fully saturated rings. The molecule has 0 saturated carbocycles. The minimum absolute atomic E-state index is 0.0452. The molecular weight excluding hydrogens is 294 g/mol. The fourth-order valence-corrected chi connectivity index (χ4v) is 2.39. The van der Waals surface area contributed by atoms with Crippen LogP contribution >= 0.6 is 11.3 Å². The van der Waals surface area contributed by atoms with Gasteiger partial charge in [0, 0.05) is 18.0 Å². The SMILES string of the molecule is O=C(O)NNC(=O)C1=CN(CC(=O)c2cccs2)C=CC1. The quantitative estimate of drug-likeness (QED) is 0.576. The van der Waals surface area contributed by atoms with Crippen LogP contribution in [0.25, 0.3) is 0 Å². The summed E-state index contributed by atoms with van der Waals surface area (Å²) in [4.78, 5) is 36.3. The van der Waals surface area contributed by atoms with Crippen LogP contribution in [0.3, 0.4) is 0 Å². The fraction of sp³-hybridized carbons (Fsp3) is 0.154. The molecule has 0 spiro atoms. The lowest BCUT2D eigenvalue weighted by atomic mass is 10.1. The number of thiophene rings is 1. The number of hydrazine groups is 1. The van der Waals surface area contributed by atoms with E-state index in [1.54, 1.807) is 34.7 Å². The average Bonchev–Trinajstić information content (AvgIpc) is 2.99. The van der Waals surface area contributed by atoms with Gasteiger partial charge < -0.3 is 10.0 Å². The van der Waals surface area contributed by atoms with E-state index in [2.05, 4.69) is 5.43 Å². The van der Waals surface area contributed by atoms with Crippen LogP contribution in [-0.4, -0.2) is 34.3 Å². The molecule has 0 aliphatic carbocycles. The Morgan fingerprint density at radius 3 is 2.81 bits per heavy atom. The Labute approximate surface area is 124 Å². The highest BCUT2D eigenvalue weighted by atomic mass is 32.1. The number of hydrogen-bond acceptors (Lipinski definition) is 5. The molecule has 0 aromatic carbocycles. The third-order valence-electron chi connectivity index (χ3n) is 2.65. The monoisotopic (exact) mass is 307 g/mol. The molecule has 0 bridgehead atoms. The summed E-state index contributed by atoms with van der Waals surface area (Å²) in [6.45, 7) is 0.125. The van der Waals surface area contributed by atoms with E-state index in [1.807, 2.05) is 5.38 Å². The number of nitrogens with one attached hydrogen (secondary N) is 2. The smallest absolute Gasteiger partial charge is 0.423 e. The first-order valence-corrected chi connectivity index (χ1v) is 6.93. The average molecular weight is 307 g/mol. The lowest BCUT2D eigenvalue weighted by Gasteiger charge is -2.20. The van der Waals surface area contributed by atoms with Crippen LogP contribution in [0.5, 0.6) is 0 Å². The Kier molecular flexibility index (Phi) is 4.72. The van der Waals surface area contributed by atoms with Crippen LogP contribution in [0, 0.1) is 0 Å². The maximum atomic E-state index is 12.0. The van der Waals surface area contributed by atoms with Crippen LogP contribution in [0.1, 0.15) is 16.1 Å². The molecule has 0 atom stereocenters. The van der Waals surface area contributed by atoms with Gasteiger partial charge in [-0.25, -0.2) is 10.2 Å². The van der Waals surface area contributed by atoms with E-state index in [0.717, 1.165) is 0 Å². The van der Waals surface area contributed by atoms with Crippen molar-refractivity contribution in [3.63, 3.8) is 0 Å². The van der Waals surface area contributed by atoms with Crippen LogP contribution < -0.4 is 10.9 Å². The molecular formula is C13H13N3O4S. The fourth-order valence-electron chi connectivity index (χ4n) is 1.73. The Hall–Kier alpha value is -2.61. The van der Waals surface area contributed by atoms with E-state index in [0.29, 0.717) is 16.9 Å². The number of carbonyl (C=O) groups is 3. The first-order chi connectivity index (χ1) is 10.1. The normalized spacial score (nSPS) is 13.5. The number of ketones is 1. The highest BCUT2D eigenvalue weighted by Crippen LogP contribution is 2.15. The van der Waals surface area contributed by atoms with Gasteiger partial charge in [-0.2, -0.15) is 0 Å². The molecule has 3 N–H and O–H groups in total. The van der Waals surface area contributed by atoms with Crippen molar-refractivity contribution in [2.24, 2.45) is 0 Å². The molecule has 1 aliphatic rings. The zero-order chi connectivity index (χ0) is 15.2. The number of nitrogens with zero attached hydrogens (tertiary/aromatic N) is 1. The zero-order valence-corrected chi connectivity index (χ0v) is 11.7. The number of amides is 2. The molecule has 7 nitrogen and oxygen atoms in total. The highest BCUT2D eigenvalue weighted by molar-refractivity contribution is 7.12. The second-order valence-electron chi connectivity index (χ2n) is 4.20. The number of Topliss-reactive ketones (excluding diaryl/α,β-unsaturated/α-hetero) is 1. The Morgan fingerprint density at radius 1 is 1.33 bits per heavy atom. The Morgan fingerprint density at radius 2 is 2.14 bits per heavy atom. The molecule has 1 aromatic heterocycles. The molecule has 8 heteroatoms. The molecule has 0 unspecified atom stereocenters. The predicted octanol–water partition coefficient (Wildman–Crippen LogP) is 1.33. The van der Waals surface area contributed by atoms with Crippen molar-refractivity contribution < 1.29 is 19.5 Å². The second-order valence-corrected chi connectivity index (χ2v) is 5.15. The number of allylic oxidation sites excluding steroid dienone is 1. The van der Waals surface area contributed by atoms with Gasteiger partial charge in [-0.05, 0) is 17.9 Å². The van der Waals surface area contributed by atoms with Gasteiger partial charge in [-0.15, -0.1) is 11.3 Å². The van der Waals surface area contributed by atoms with Gasteiger partial charge in [0.25, 0.3) is 5.91 Å². The Balaban J connectivity index is 1.96. The molecule has 0 radical (unpaired) electrons. The lowest BCUT2D eigenvalue weighted by Crippen LogP contribution is -2.42. The Bertz CT molecular complexity index is 607. The highest BCUT2D eigenvalue weighted by Gasteiger charge is 2.16. The summed E-state index contributed by atoms with van der Waals surface area (Å²) in [5.74, 6) is -0.591. The molecule has 110 valence electrons. The molecule has 1 aliphatic heterocycles. The zero-order valence-electron chi connectivity index (χ0n) is 10.9. The first-order valence-electron chi connectivity index (χ1n) is 6.05. The summed E-state index contributed by atoms with van der Waals surface area (Å²) >= 11 is 1.36. The standard InChI is InChI=1S/C13H13N3O4S/c17-10(11-4-2-6-21-11)8-16-5-1-3-9(7-16)12(18)14-15-13(19)20/h1-2,4-7,15H,3,8H2,(H,14,18)(H,19,20). The maximum absolute atomic E-state index is 12.0. The summed E-state index contributed by atoms with van der Waals surface area (Å²) < 4.78 is 0. The van der Waals surface area contributed by atoms with Gasteiger partial charge in [0.05, 0.1) is 11.4 Å². The van der Waals surface area contributed by atoms with E-state index in [9.17, 15) is 14.4 Å². The molecule has 2 amide bonds. The largest absolute Gasteiger partial charge is 0.464 e. The summed E-state index contributed by atoms with van der Waals surface area (Å²) in [6, 6.07) is 3.55. The topological polar surface area (TPSA) is 98.7 Å². The third-order valence-corrected chi connectivity index (χ3v) is 3.56. The van der Waals surface area contributed by atoms with Crippen molar-refractivity contribution in [3.8, 4) is 0 Å². The maximum Gasteiger partial charge on any atom is 0.423 e. The van der Waals surface area contributed by atoms with Crippen molar-refractivity contribution in [1.82, 2.24) is 15.8 Å². The lowest BCUT2D eigenvalue weighted by molar-refractivity contribution is -0.118. The number of rotatable bonds is 4. The van der Waals surface area contributed by atoms with Crippen molar-refractivity contribution >= 4 is 29.1 Å². The van der Waals surface area contributed by atoms with Gasteiger partial charge in [-0.1, -0.05) is 12.1 Å². The van der Waals surface area contributed by atoms with Crippen LogP contribution in [0.4, 0.5) is 4.79 Å². The van der Waals surface area contributed by atoms with Crippen molar-refractivity contribution in [3.05, 3.63) is 46.4 Å².